The average Bonchev–Trinajstić information content (AvgIpc) is 2.55. The number of hydrazine groups is 1. The Balaban J connectivity index is 1.96. The second kappa shape index (κ2) is 3.30. The predicted octanol–water partition coefficient (Wildman–Crippen LogP) is -0.894. The predicted molar refractivity (Wildman–Crippen MR) is 48.6 cm³/mol. The zero-order valence-electron chi connectivity index (χ0n) is 7.69. The van der Waals surface area contributed by atoms with Crippen molar-refractivity contribution < 1.29 is 0 Å². The lowest BCUT2D eigenvalue weighted by atomic mass is 10.1. The topological polar surface area (TPSA) is 39.3 Å². The highest BCUT2D eigenvalue weighted by atomic mass is 15.5. The van der Waals surface area contributed by atoms with Gasteiger partial charge in [0.05, 0.1) is 5.66 Å². The average molecular weight is 170 g/mol. The Bertz CT molecular complexity index is 147. The van der Waals surface area contributed by atoms with E-state index in [0.717, 1.165) is 32.7 Å². The standard InChI is InChI=1S/C8H18N4/c1-8(2-3-10-11-8)12-6-4-9-5-7-12/h9-11H,2-7H2,1H3. The van der Waals surface area contributed by atoms with Crippen LogP contribution in [0.4, 0.5) is 0 Å². The van der Waals surface area contributed by atoms with E-state index in [-0.39, 0.29) is 5.66 Å². The lowest BCUT2D eigenvalue weighted by molar-refractivity contribution is 0.0702. The number of hydrogen-bond donors (Lipinski definition) is 3. The number of hydrogen-bond acceptors (Lipinski definition) is 4. The fourth-order valence-corrected chi connectivity index (χ4v) is 2.02. The zero-order valence-corrected chi connectivity index (χ0v) is 7.69. The molecule has 0 spiro atoms. The zero-order chi connectivity index (χ0) is 8.44. The summed E-state index contributed by atoms with van der Waals surface area (Å²) in [4.78, 5) is 2.52. The molecule has 2 saturated heterocycles. The van der Waals surface area contributed by atoms with Crippen LogP contribution in [-0.2, 0) is 0 Å². The number of nitrogens with zero attached hydrogens (tertiary/aromatic N) is 1. The Morgan fingerprint density at radius 2 is 1.92 bits per heavy atom. The largest absolute Gasteiger partial charge is 0.314 e. The lowest BCUT2D eigenvalue weighted by Gasteiger charge is -2.40. The van der Waals surface area contributed by atoms with Crippen LogP contribution in [0.2, 0.25) is 0 Å². The molecule has 1 atom stereocenters. The SMILES string of the molecule is CC1(N2CCNCC2)CCNN1. The molecule has 1 unspecified atom stereocenters. The van der Waals surface area contributed by atoms with Gasteiger partial charge in [0.15, 0.2) is 0 Å². The van der Waals surface area contributed by atoms with Crippen LogP contribution in [0.3, 0.4) is 0 Å². The lowest BCUT2D eigenvalue weighted by Crippen LogP contribution is -2.60. The highest BCUT2D eigenvalue weighted by molar-refractivity contribution is 4.89. The quantitative estimate of drug-likeness (QED) is 0.477. The molecule has 2 aliphatic heterocycles. The highest BCUT2D eigenvalue weighted by Crippen LogP contribution is 2.18. The third-order valence-corrected chi connectivity index (χ3v) is 2.91. The summed E-state index contributed by atoms with van der Waals surface area (Å²) in [6.07, 6.45) is 1.20. The second-order valence-corrected chi connectivity index (χ2v) is 3.81. The number of nitrogens with one attached hydrogen (secondary N) is 3. The van der Waals surface area contributed by atoms with Crippen LogP contribution in [0.5, 0.6) is 0 Å². The van der Waals surface area contributed by atoms with Gasteiger partial charge < -0.3 is 5.32 Å². The number of piperazine rings is 1. The van der Waals surface area contributed by atoms with Gasteiger partial charge in [-0.2, -0.15) is 0 Å². The van der Waals surface area contributed by atoms with Crippen molar-refractivity contribution in [3.05, 3.63) is 0 Å². The molecular formula is C8H18N4. The first-order chi connectivity index (χ1) is 5.81. The van der Waals surface area contributed by atoms with E-state index < -0.39 is 0 Å². The van der Waals surface area contributed by atoms with Crippen molar-refractivity contribution in [3.63, 3.8) is 0 Å². The van der Waals surface area contributed by atoms with Crippen molar-refractivity contribution in [2.75, 3.05) is 32.7 Å². The first-order valence-electron chi connectivity index (χ1n) is 4.77. The normalized spacial score (nSPS) is 38.8. The van der Waals surface area contributed by atoms with Gasteiger partial charge in [0, 0.05) is 32.7 Å². The Morgan fingerprint density at radius 1 is 1.17 bits per heavy atom. The van der Waals surface area contributed by atoms with Gasteiger partial charge in [0.25, 0.3) is 0 Å². The molecule has 2 heterocycles. The minimum absolute atomic E-state index is 0.197. The van der Waals surface area contributed by atoms with Crippen molar-refractivity contribution in [1.82, 2.24) is 21.1 Å². The molecule has 0 saturated carbocycles. The molecule has 0 aromatic carbocycles. The molecule has 0 bridgehead atoms. The summed E-state index contributed by atoms with van der Waals surface area (Å²) in [6, 6.07) is 0. The molecule has 0 aliphatic carbocycles. The van der Waals surface area contributed by atoms with Crippen LogP contribution >= 0.6 is 0 Å². The summed E-state index contributed by atoms with van der Waals surface area (Å²) >= 11 is 0. The second-order valence-electron chi connectivity index (χ2n) is 3.81. The smallest absolute Gasteiger partial charge is 0.0826 e. The van der Waals surface area contributed by atoms with Gasteiger partial charge in [0.2, 0.25) is 0 Å². The summed E-state index contributed by atoms with van der Waals surface area (Å²) in [6.45, 7) is 7.92. The molecule has 2 fully saturated rings. The van der Waals surface area contributed by atoms with Crippen LogP contribution in [0.15, 0.2) is 0 Å². The first kappa shape index (κ1) is 8.44. The van der Waals surface area contributed by atoms with E-state index in [4.69, 9.17) is 0 Å². The third-order valence-electron chi connectivity index (χ3n) is 2.91. The Morgan fingerprint density at radius 3 is 2.50 bits per heavy atom. The molecule has 4 heteroatoms. The Hall–Kier alpha value is -0.160. The van der Waals surface area contributed by atoms with Gasteiger partial charge in [-0.15, -0.1) is 0 Å². The van der Waals surface area contributed by atoms with Crippen molar-refractivity contribution in [3.8, 4) is 0 Å². The maximum absolute atomic E-state index is 3.37. The summed E-state index contributed by atoms with van der Waals surface area (Å²) in [5.41, 5.74) is 6.75. The fraction of sp³-hybridized carbons (Fsp3) is 1.00. The first-order valence-corrected chi connectivity index (χ1v) is 4.77. The van der Waals surface area contributed by atoms with Crippen LogP contribution in [0.25, 0.3) is 0 Å². The Kier molecular flexibility index (Phi) is 2.32. The van der Waals surface area contributed by atoms with Crippen molar-refractivity contribution >= 4 is 0 Å². The molecule has 3 N–H and O–H groups in total. The molecule has 0 radical (unpaired) electrons. The molecule has 0 amide bonds. The van der Waals surface area contributed by atoms with E-state index in [1.807, 2.05) is 0 Å². The van der Waals surface area contributed by atoms with E-state index in [2.05, 4.69) is 28.0 Å². The Labute approximate surface area is 73.7 Å². The van der Waals surface area contributed by atoms with E-state index in [1.165, 1.54) is 6.42 Å². The molecule has 12 heavy (non-hydrogen) atoms. The molecule has 0 aromatic heterocycles. The van der Waals surface area contributed by atoms with E-state index in [9.17, 15) is 0 Å². The highest BCUT2D eigenvalue weighted by Gasteiger charge is 2.34. The molecule has 70 valence electrons. The van der Waals surface area contributed by atoms with Gasteiger partial charge >= 0.3 is 0 Å². The number of rotatable bonds is 1. The summed E-state index contributed by atoms with van der Waals surface area (Å²) in [5, 5.41) is 3.37. The molecular weight excluding hydrogens is 152 g/mol. The third kappa shape index (κ3) is 1.47. The molecule has 0 aromatic rings. The molecule has 4 nitrogen and oxygen atoms in total. The maximum atomic E-state index is 3.37. The van der Waals surface area contributed by atoms with Gasteiger partial charge in [-0.3, -0.25) is 10.3 Å². The fourth-order valence-electron chi connectivity index (χ4n) is 2.02. The van der Waals surface area contributed by atoms with E-state index in [1.54, 1.807) is 0 Å². The summed E-state index contributed by atoms with van der Waals surface area (Å²) in [7, 11) is 0. The molecule has 2 rings (SSSR count). The van der Waals surface area contributed by atoms with E-state index >= 15 is 0 Å². The monoisotopic (exact) mass is 170 g/mol. The van der Waals surface area contributed by atoms with Crippen LogP contribution in [-0.4, -0.2) is 43.3 Å². The minimum Gasteiger partial charge on any atom is -0.314 e. The summed E-state index contributed by atoms with van der Waals surface area (Å²) in [5.74, 6) is 0. The summed E-state index contributed by atoms with van der Waals surface area (Å²) < 4.78 is 0. The minimum atomic E-state index is 0.197. The van der Waals surface area contributed by atoms with E-state index in [0.29, 0.717) is 0 Å². The maximum Gasteiger partial charge on any atom is 0.0826 e. The van der Waals surface area contributed by atoms with Crippen LogP contribution in [0, 0.1) is 0 Å². The van der Waals surface area contributed by atoms with Gasteiger partial charge in [0.1, 0.15) is 0 Å². The molecule has 2 aliphatic rings. The van der Waals surface area contributed by atoms with Gasteiger partial charge in [-0.05, 0) is 13.3 Å². The van der Waals surface area contributed by atoms with Crippen LogP contribution in [0.1, 0.15) is 13.3 Å². The van der Waals surface area contributed by atoms with Gasteiger partial charge in [-0.25, -0.2) is 5.43 Å². The van der Waals surface area contributed by atoms with Crippen molar-refractivity contribution in [1.29, 1.82) is 0 Å². The van der Waals surface area contributed by atoms with Gasteiger partial charge in [-0.1, -0.05) is 0 Å². The van der Waals surface area contributed by atoms with Crippen LogP contribution < -0.4 is 16.2 Å². The van der Waals surface area contributed by atoms with Crippen molar-refractivity contribution in [2.24, 2.45) is 0 Å². The van der Waals surface area contributed by atoms with Crippen molar-refractivity contribution in [2.45, 2.75) is 19.0 Å².